The van der Waals surface area contributed by atoms with Crippen molar-refractivity contribution in [2.75, 3.05) is 13.6 Å². The quantitative estimate of drug-likeness (QED) is 0.832. The zero-order chi connectivity index (χ0) is 12.1. The van der Waals surface area contributed by atoms with Crippen molar-refractivity contribution in [3.8, 4) is 0 Å². The van der Waals surface area contributed by atoms with Crippen LogP contribution < -0.4 is 5.73 Å². The highest BCUT2D eigenvalue weighted by atomic mass is 19.1. The van der Waals surface area contributed by atoms with Crippen molar-refractivity contribution in [2.24, 2.45) is 11.7 Å². The van der Waals surface area contributed by atoms with Crippen LogP contribution in [0.3, 0.4) is 0 Å². The molecule has 0 unspecified atom stereocenters. The largest absolute Gasteiger partial charge is 0.326 e. The minimum absolute atomic E-state index is 0.190. The van der Waals surface area contributed by atoms with Crippen molar-refractivity contribution >= 4 is 0 Å². The summed E-state index contributed by atoms with van der Waals surface area (Å²) in [5.74, 6) is 0.421. The van der Waals surface area contributed by atoms with Crippen molar-refractivity contribution in [3.63, 3.8) is 0 Å². The number of halogens is 1. The third-order valence-electron chi connectivity index (χ3n) is 2.51. The molecule has 0 aliphatic heterocycles. The Hall–Kier alpha value is -0.930. The van der Waals surface area contributed by atoms with Gasteiger partial charge in [0.2, 0.25) is 0 Å². The van der Waals surface area contributed by atoms with Crippen molar-refractivity contribution in [1.29, 1.82) is 0 Å². The summed E-state index contributed by atoms with van der Waals surface area (Å²) in [6.07, 6.45) is 0. The molecular formula is C13H21FN2. The second-order valence-corrected chi connectivity index (χ2v) is 4.71. The van der Waals surface area contributed by atoms with E-state index in [2.05, 4.69) is 18.7 Å². The molecule has 16 heavy (non-hydrogen) atoms. The van der Waals surface area contributed by atoms with Crippen LogP contribution in [0.25, 0.3) is 0 Å². The van der Waals surface area contributed by atoms with Gasteiger partial charge in [-0.1, -0.05) is 19.9 Å². The van der Waals surface area contributed by atoms with Crippen LogP contribution in [0, 0.1) is 11.7 Å². The Balaban J connectivity index is 2.74. The molecule has 0 fully saturated rings. The van der Waals surface area contributed by atoms with Gasteiger partial charge in [-0.25, -0.2) is 4.39 Å². The highest BCUT2D eigenvalue weighted by molar-refractivity contribution is 5.27. The van der Waals surface area contributed by atoms with Gasteiger partial charge in [0.15, 0.2) is 0 Å². The summed E-state index contributed by atoms with van der Waals surface area (Å²) in [4.78, 5) is 2.19. The van der Waals surface area contributed by atoms with E-state index in [1.165, 1.54) is 6.07 Å². The fourth-order valence-electron chi connectivity index (χ4n) is 1.92. The van der Waals surface area contributed by atoms with Crippen molar-refractivity contribution in [2.45, 2.75) is 26.9 Å². The molecule has 1 aromatic carbocycles. The summed E-state index contributed by atoms with van der Waals surface area (Å²) in [5, 5.41) is 0. The Bertz CT molecular complexity index is 337. The maximum absolute atomic E-state index is 13.1. The van der Waals surface area contributed by atoms with Crippen molar-refractivity contribution in [1.82, 2.24) is 4.90 Å². The van der Waals surface area contributed by atoms with Gasteiger partial charge in [0.1, 0.15) is 5.82 Å². The summed E-state index contributed by atoms with van der Waals surface area (Å²) < 4.78 is 13.1. The van der Waals surface area contributed by atoms with Gasteiger partial charge >= 0.3 is 0 Å². The molecule has 0 aromatic heterocycles. The minimum Gasteiger partial charge on any atom is -0.326 e. The average Bonchev–Trinajstić information content (AvgIpc) is 2.16. The van der Waals surface area contributed by atoms with Gasteiger partial charge in [-0.2, -0.15) is 0 Å². The molecule has 2 N–H and O–H groups in total. The summed E-state index contributed by atoms with van der Waals surface area (Å²) in [7, 11) is 2.05. The predicted octanol–water partition coefficient (Wildman–Crippen LogP) is 2.37. The van der Waals surface area contributed by atoms with Crippen molar-refractivity contribution in [3.05, 3.63) is 35.1 Å². The lowest BCUT2D eigenvalue weighted by atomic mass is 10.1. The number of nitrogens with zero attached hydrogens (tertiary/aromatic N) is 1. The first-order chi connectivity index (χ1) is 7.52. The van der Waals surface area contributed by atoms with Gasteiger partial charge in [0, 0.05) is 19.6 Å². The van der Waals surface area contributed by atoms with Crippen LogP contribution >= 0.6 is 0 Å². The zero-order valence-corrected chi connectivity index (χ0v) is 10.3. The molecule has 2 nitrogen and oxygen atoms in total. The molecule has 0 amide bonds. The monoisotopic (exact) mass is 224 g/mol. The number of hydrogen-bond donors (Lipinski definition) is 1. The molecule has 3 heteroatoms. The molecule has 0 atom stereocenters. The first kappa shape index (κ1) is 13.1. The first-order valence-corrected chi connectivity index (χ1v) is 5.68. The molecular weight excluding hydrogens is 203 g/mol. The van der Waals surface area contributed by atoms with Gasteiger partial charge < -0.3 is 10.6 Å². The Morgan fingerprint density at radius 1 is 1.31 bits per heavy atom. The minimum atomic E-state index is -0.190. The second-order valence-electron chi connectivity index (χ2n) is 4.71. The predicted molar refractivity (Wildman–Crippen MR) is 65.5 cm³/mol. The SMILES string of the molecule is CC(C)CN(C)Cc1cc(F)ccc1CN. The molecule has 0 aliphatic carbocycles. The lowest BCUT2D eigenvalue weighted by Crippen LogP contribution is -2.23. The lowest BCUT2D eigenvalue weighted by Gasteiger charge is -2.20. The molecule has 1 aromatic rings. The maximum atomic E-state index is 13.1. The van der Waals surface area contributed by atoms with E-state index in [1.54, 1.807) is 12.1 Å². The van der Waals surface area contributed by atoms with Crippen LogP contribution in [0.4, 0.5) is 4.39 Å². The Morgan fingerprint density at radius 3 is 2.56 bits per heavy atom. The Morgan fingerprint density at radius 2 is 2.00 bits per heavy atom. The van der Waals surface area contributed by atoms with Gasteiger partial charge in [-0.15, -0.1) is 0 Å². The molecule has 1 rings (SSSR count). The van der Waals surface area contributed by atoms with Gasteiger partial charge in [-0.3, -0.25) is 0 Å². The third kappa shape index (κ3) is 3.91. The Kier molecular flexibility index (Phi) is 4.90. The van der Waals surface area contributed by atoms with E-state index in [4.69, 9.17) is 5.73 Å². The second kappa shape index (κ2) is 5.97. The van der Waals surface area contributed by atoms with Crippen LogP contribution in [0.5, 0.6) is 0 Å². The topological polar surface area (TPSA) is 29.3 Å². The van der Waals surface area contributed by atoms with E-state index >= 15 is 0 Å². The van der Waals surface area contributed by atoms with E-state index < -0.39 is 0 Å². The molecule has 0 radical (unpaired) electrons. The van der Waals surface area contributed by atoms with E-state index in [0.29, 0.717) is 12.5 Å². The number of benzene rings is 1. The highest BCUT2D eigenvalue weighted by Crippen LogP contribution is 2.13. The van der Waals surface area contributed by atoms with Crippen LogP contribution in [0.1, 0.15) is 25.0 Å². The number of nitrogens with two attached hydrogens (primary N) is 1. The summed E-state index contributed by atoms with van der Waals surface area (Å²) in [5.41, 5.74) is 7.65. The standard InChI is InChI=1S/C13H21FN2/c1-10(2)8-16(3)9-12-6-13(14)5-4-11(12)7-15/h4-6,10H,7-9,15H2,1-3H3. The smallest absolute Gasteiger partial charge is 0.123 e. The molecule has 90 valence electrons. The van der Waals surface area contributed by atoms with Gasteiger partial charge in [0.25, 0.3) is 0 Å². The van der Waals surface area contributed by atoms with Gasteiger partial charge in [-0.05, 0) is 36.2 Å². The molecule has 0 bridgehead atoms. The fourth-order valence-corrected chi connectivity index (χ4v) is 1.92. The molecule has 0 heterocycles. The summed E-state index contributed by atoms with van der Waals surface area (Å²) in [6, 6.07) is 4.82. The summed E-state index contributed by atoms with van der Waals surface area (Å²) in [6.45, 7) is 6.56. The fraction of sp³-hybridized carbons (Fsp3) is 0.538. The molecule has 0 aliphatic rings. The van der Waals surface area contributed by atoms with E-state index in [9.17, 15) is 4.39 Å². The molecule has 0 spiro atoms. The van der Waals surface area contributed by atoms with E-state index in [1.807, 2.05) is 7.05 Å². The maximum Gasteiger partial charge on any atom is 0.123 e. The summed E-state index contributed by atoms with van der Waals surface area (Å²) >= 11 is 0. The van der Waals surface area contributed by atoms with Crippen LogP contribution in [0.2, 0.25) is 0 Å². The molecule has 0 saturated heterocycles. The lowest BCUT2D eigenvalue weighted by molar-refractivity contribution is 0.287. The van der Waals surface area contributed by atoms with E-state index in [-0.39, 0.29) is 5.82 Å². The van der Waals surface area contributed by atoms with E-state index in [0.717, 1.165) is 24.2 Å². The highest BCUT2D eigenvalue weighted by Gasteiger charge is 2.07. The molecule has 0 saturated carbocycles. The van der Waals surface area contributed by atoms with Gasteiger partial charge in [0.05, 0.1) is 0 Å². The zero-order valence-electron chi connectivity index (χ0n) is 10.3. The van der Waals surface area contributed by atoms with Crippen LogP contribution in [0.15, 0.2) is 18.2 Å². The number of rotatable bonds is 5. The third-order valence-corrected chi connectivity index (χ3v) is 2.51. The Labute approximate surface area is 97.3 Å². The normalized spacial score (nSPS) is 11.4. The average molecular weight is 224 g/mol. The first-order valence-electron chi connectivity index (χ1n) is 5.68. The number of hydrogen-bond acceptors (Lipinski definition) is 2. The van der Waals surface area contributed by atoms with Crippen LogP contribution in [-0.4, -0.2) is 18.5 Å². The van der Waals surface area contributed by atoms with Crippen LogP contribution in [-0.2, 0) is 13.1 Å². The van der Waals surface area contributed by atoms with Crippen molar-refractivity contribution < 1.29 is 4.39 Å².